The fourth-order valence-corrected chi connectivity index (χ4v) is 7.64. The van der Waals surface area contributed by atoms with Gasteiger partial charge < -0.3 is 14.2 Å². The zero-order valence-corrected chi connectivity index (χ0v) is 41.8. The summed E-state index contributed by atoms with van der Waals surface area (Å²) in [5.41, 5.74) is 0. The van der Waals surface area contributed by atoms with Gasteiger partial charge in [-0.1, -0.05) is 204 Å². The average molecular weight is 883 g/mol. The number of allylic oxidation sites excluding steroid dienone is 8. The standard InChI is InChI=1S/C57H102O6/c1-4-7-10-13-16-19-22-25-27-28-30-33-36-39-42-45-48-51-57(60)63-54(52-61-55(58)49-46-43-40-37-34-31-24-21-18-15-12-9-6-3)53-62-56(59)50-47-44-41-38-35-32-29-26-23-20-17-14-11-8-5-2/h16,19,21,24-27,29,54H,4-15,17-18,20,22-23,28,30-53H2,1-3H3/b19-16-,24-21-,27-25-,29-26-/t54-/m0/s1. The number of rotatable bonds is 49. The Morgan fingerprint density at radius 2 is 0.571 bits per heavy atom. The molecule has 366 valence electrons. The van der Waals surface area contributed by atoms with E-state index in [-0.39, 0.29) is 31.1 Å². The minimum Gasteiger partial charge on any atom is -0.462 e. The summed E-state index contributed by atoms with van der Waals surface area (Å²) < 4.78 is 16.8. The molecule has 0 aromatic heterocycles. The monoisotopic (exact) mass is 883 g/mol. The average Bonchev–Trinajstić information content (AvgIpc) is 3.28. The predicted octanol–water partition coefficient (Wildman–Crippen LogP) is 17.9. The van der Waals surface area contributed by atoms with Crippen LogP contribution in [0.15, 0.2) is 48.6 Å². The van der Waals surface area contributed by atoms with Crippen molar-refractivity contribution in [3.05, 3.63) is 48.6 Å². The molecule has 63 heavy (non-hydrogen) atoms. The van der Waals surface area contributed by atoms with E-state index in [9.17, 15) is 14.4 Å². The summed E-state index contributed by atoms with van der Waals surface area (Å²) in [7, 11) is 0. The van der Waals surface area contributed by atoms with Crippen molar-refractivity contribution in [2.75, 3.05) is 13.2 Å². The highest BCUT2D eigenvalue weighted by molar-refractivity contribution is 5.71. The van der Waals surface area contributed by atoms with E-state index in [1.165, 1.54) is 154 Å². The van der Waals surface area contributed by atoms with Gasteiger partial charge in [-0.3, -0.25) is 14.4 Å². The molecular weight excluding hydrogens is 781 g/mol. The molecule has 0 saturated carbocycles. The lowest BCUT2D eigenvalue weighted by molar-refractivity contribution is -0.167. The minimum atomic E-state index is -0.782. The van der Waals surface area contributed by atoms with Crippen LogP contribution in [0.25, 0.3) is 0 Å². The van der Waals surface area contributed by atoms with Crippen LogP contribution in [0.2, 0.25) is 0 Å². The van der Waals surface area contributed by atoms with Crippen LogP contribution in [-0.4, -0.2) is 37.2 Å². The van der Waals surface area contributed by atoms with Crippen molar-refractivity contribution >= 4 is 17.9 Å². The first-order valence-electron chi connectivity index (χ1n) is 27.1. The molecule has 0 radical (unpaired) electrons. The van der Waals surface area contributed by atoms with Gasteiger partial charge in [0.05, 0.1) is 0 Å². The third-order valence-electron chi connectivity index (χ3n) is 11.8. The van der Waals surface area contributed by atoms with E-state index >= 15 is 0 Å². The summed E-state index contributed by atoms with van der Waals surface area (Å²) in [6.07, 6.45) is 62.3. The predicted molar refractivity (Wildman–Crippen MR) is 270 cm³/mol. The fraction of sp³-hybridized carbons (Fsp3) is 0.807. The fourth-order valence-electron chi connectivity index (χ4n) is 7.64. The van der Waals surface area contributed by atoms with E-state index in [0.717, 1.165) is 83.5 Å². The second-order valence-corrected chi connectivity index (χ2v) is 18.1. The van der Waals surface area contributed by atoms with Crippen LogP contribution in [0, 0.1) is 0 Å². The topological polar surface area (TPSA) is 78.9 Å². The molecule has 0 aromatic rings. The maximum Gasteiger partial charge on any atom is 0.306 e. The Hall–Kier alpha value is -2.63. The van der Waals surface area contributed by atoms with Crippen molar-refractivity contribution in [1.29, 1.82) is 0 Å². The van der Waals surface area contributed by atoms with Crippen LogP contribution < -0.4 is 0 Å². The van der Waals surface area contributed by atoms with Gasteiger partial charge in [0.15, 0.2) is 6.10 Å². The van der Waals surface area contributed by atoms with Crippen LogP contribution in [0.5, 0.6) is 0 Å². The quantitative estimate of drug-likeness (QED) is 0.0262. The normalized spacial score (nSPS) is 12.4. The van der Waals surface area contributed by atoms with Gasteiger partial charge in [-0.05, 0) is 103 Å². The minimum absolute atomic E-state index is 0.0823. The molecule has 0 aromatic carbocycles. The van der Waals surface area contributed by atoms with Crippen molar-refractivity contribution < 1.29 is 28.6 Å². The number of hydrogen-bond donors (Lipinski definition) is 0. The van der Waals surface area contributed by atoms with Gasteiger partial charge in [0.25, 0.3) is 0 Å². The van der Waals surface area contributed by atoms with Crippen molar-refractivity contribution in [2.45, 2.75) is 284 Å². The zero-order valence-electron chi connectivity index (χ0n) is 41.8. The molecule has 0 unspecified atom stereocenters. The van der Waals surface area contributed by atoms with E-state index in [1.807, 2.05) is 0 Å². The lowest BCUT2D eigenvalue weighted by Gasteiger charge is -2.18. The lowest BCUT2D eigenvalue weighted by Crippen LogP contribution is -2.30. The molecule has 0 fully saturated rings. The lowest BCUT2D eigenvalue weighted by atomic mass is 10.1. The first kappa shape index (κ1) is 60.4. The number of carbonyl (C=O) groups excluding carboxylic acids is 3. The van der Waals surface area contributed by atoms with Gasteiger partial charge in [0.2, 0.25) is 0 Å². The van der Waals surface area contributed by atoms with Gasteiger partial charge >= 0.3 is 17.9 Å². The van der Waals surface area contributed by atoms with E-state index in [0.29, 0.717) is 19.3 Å². The van der Waals surface area contributed by atoms with E-state index in [4.69, 9.17) is 14.2 Å². The van der Waals surface area contributed by atoms with Crippen molar-refractivity contribution in [2.24, 2.45) is 0 Å². The third-order valence-corrected chi connectivity index (χ3v) is 11.8. The Morgan fingerprint density at radius 3 is 0.937 bits per heavy atom. The Labute approximate surface area is 390 Å². The number of esters is 3. The molecule has 0 saturated heterocycles. The molecule has 0 rings (SSSR count). The summed E-state index contributed by atoms with van der Waals surface area (Å²) in [6, 6.07) is 0. The number of ether oxygens (including phenoxy) is 3. The Kier molecular flexibility index (Phi) is 49.8. The second kappa shape index (κ2) is 52.0. The zero-order chi connectivity index (χ0) is 45.8. The Morgan fingerprint density at radius 1 is 0.317 bits per heavy atom. The molecular formula is C57H102O6. The van der Waals surface area contributed by atoms with Gasteiger partial charge in [-0.2, -0.15) is 0 Å². The first-order valence-corrected chi connectivity index (χ1v) is 27.1. The summed E-state index contributed by atoms with van der Waals surface area (Å²) in [5.74, 6) is -0.898. The number of carbonyl (C=O) groups is 3. The Bertz CT molecular complexity index is 1110. The van der Waals surface area contributed by atoms with E-state index in [1.54, 1.807) is 0 Å². The van der Waals surface area contributed by atoms with Crippen LogP contribution >= 0.6 is 0 Å². The summed E-state index contributed by atoms with van der Waals surface area (Å²) in [5, 5.41) is 0. The van der Waals surface area contributed by atoms with Crippen LogP contribution in [0.3, 0.4) is 0 Å². The Balaban J connectivity index is 4.40. The van der Waals surface area contributed by atoms with E-state index in [2.05, 4.69) is 69.4 Å². The molecule has 0 spiro atoms. The highest BCUT2D eigenvalue weighted by atomic mass is 16.6. The maximum absolute atomic E-state index is 12.8. The smallest absolute Gasteiger partial charge is 0.306 e. The summed E-state index contributed by atoms with van der Waals surface area (Å²) in [6.45, 7) is 6.59. The highest BCUT2D eigenvalue weighted by Crippen LogP contribution is 2.14. The molecule has 1 atom stereocenters. The van der Waals surface area contributed by atoms with Gasteiger partial charge in [-0.25, -0.2) is 0 Å². The summed E-state index contributed by atoms with van der Waals surface area (Å²) in [4.78, 5) is 38.0. The largest absolute Gasteiger partial charge is 0.462 e. The van der Waals surface area contributed by atoms with Crippen LogP contribution in [-0.2, 0) is 28.6 Å². The molecule has 0 bridgehead atoms. The molecule has 0 aliphatic heterocycles. The van der Waals surface area contributed by atoms with Crippen molar-refractivity contribution in [3.8, 4) is 0 Å². The molecule has 0 heterocycles. The molecule has 0 aliphatic carbocycles. The summed E-state index contributed by atoms with van der Waals surface area (Å²) >= 11 is 0. The van der Waals surface area contributed by atoms with E-state index < -0.39 is 6.10 Å². The highest BCUT2D eigenvalue weighted by Gasteiger charge is 2.19. The molecule has 0 aliphatic rings. The molecule has 0 amide bonds. The molecule has 0 N–H and O–H groups in total. The van der Waals surface area contributed by atoms with Gasteiger partial charge in [0.1, 0.15) is 13.2 Å². The van der Waals surface area contributed by atoms with Crippen molar-refractivity contribution in [3.63, 3.8) is 0 Å². The van der Waals surface area contributed by atoms with Crippen molar-refractivity contribution in [1.82, 2.24) is 0 Å². The first-order chi connectivity index (χ1) is 31.0. The van der Waals surface area contributed by atoms with Crippen LogP contribution in [0.1, 0.15) is 278 Å². The van der Waals surface area contributed by atoms with Crippen LogP contribution in [0.4, 0.5) is 0 Å². The van der Waals surface area contributed by atoms with Gasteiger partial charge in [-0.15, -0.1) is 0 Å². The SMILES string of the molecule is CCCCC/C=C\C/C=C\CCCCCCCCCC(=O)O[C@@H](COC(=O)CCCCCCC/C=C\CCCCCC)COC(=O)CCCCCCC/C=C\CCCCCCCC. The number of unbranched alkanes of at least 4 members (excludes halogenated alkanes) is 30. The molecule has 6 nitrogen and oxygen atoms in total. The molecule has 6 heteroatoms. The van der Waals surface area contributed by atoms with Gasteiger partial charge in [0, 0.05) is 19.3 Å². The third kappa shape index (κ3) is 50.2. The second-order valence-electron chi connectivity index (χ2n) is 18.1. The maximum atomic E-state index is 12.8. The number of hydrogen-bond acceptors (Lipinski definition) is 6.